The lowest BCUT2D eigenvalue weighted by atomic mass is 10.0. The predicted octanol–water partition coefficient (Wildman–Crippen LogP) is 3.01. The highest BCUT2D eigenvalue weighted by Crippen LogP contribution is 2.41. The molecule has 1 amide bonds. The first-order valence-electron chi connectivity index (χ1n) is 10.6. The summed E-state index contributed by atoms with van der Waals surface area (Å²) in [4.78, 5) is 15.3. The van der Waals surface area contributed by atoms with Crippen LogP contribution < -0.4 is 14.5 Å². The number of rotatable bonds is 4. The Balaban J connectivity index is 1.23. The van der Waals surface area contributed by atoms with Gasteiger partial charge in [-0.3, -0.25) is 9.10 Å². The van der Waals surface area contributed by atoms with Crippen LogP contribution in [0.15, 0.2) is 65.6 Å². The molecular weight excluding hydrogens is 424 g/mol. The van der Waals surface area contributed by atoms with Crippen LogP contribution in [0.1, 0.15) is 18.4 Å². The number of nitrogens with zero attached hydrogens (tertiary/aromatic N) is 3. The van der Waals surface area contributed by atoms with E-state index in [0.29, 0.717) is 16.6 Å². The van der Waals surface area contributed by atoms with Crippen molar-refractivity contribution >= 4 is 38.1 Å². The summed E-state index contributed by atoms with van der Waals surface area (Å²) in [6.45, 7) is 1.33. The fourth-order valence-electron chi connectivity index (χ4n) is 4.56. The molecule has 3 aromatic rings. The molecule has 0 bridgehead atoms. The zero-order valence-corrected chi connectivity index (χ0v) is 18.2. The molecule has 3 aromatic carbocycles. The number of carbonyl (C=O) groups is 1. The van der Waals surface area contributed by atoms with E-state index in [9.17, 15) is 13.2 Å². The van der Waals surface area contributed by atoms with Crippen molar-refractivity contribution in [3.63, 3.8) is 0 Å². The van der Waals surface area contributed by atoms with E-state index in [2.05, 4.69) is 16.3 Å². The number of nitriles is 1. The van der Waals surface area contributed by atoms with Gasteiger partial charge in [-0.15, -0.1) is 0 Å². The van der Waals surface area contributed by atoms with Gasteiger partial charge in [-0.2, -0.15) is 5.26 Å². The van der Waals surface area contributed by atoms with Crippen LogP contribution in [-0.2, 0) is 14.8 Å². The summed E-state index contributed by atoms with van der Waals surface area (Å²) in [5.74, 6) is -0.296. The van der Waals surface area contributed by atoms with E-state index in [0.717, 1.165) is 37.0 Å². The van der Waals surface area contributed by atoms with Crippen LogP contribution in [0.4, 0.5) is 11.4 Å². The van der Waals surface area contributed by atoms with E-state index in [1.165, 1.54) is 4.31 Å². The average Bonchev–Trinajstić information content (AvgIpc) is 3.03. The summed E-state index contributed by atoms with van der Waals surface area (Å²) < 4.78 is 27.3. The number of piperidine rings is 1. The van der Waals surface area contributed by atoms with Crippen molar-refractivity contribution in [2.45, 2.75) is 23.8 Å². The van der Waals surface area contributed by atoms with Gasteiger partial charge in [-0.25, -0.2) is 8.42 Å². The van der Waals surface area contributed by atoms with Gasteiger partial charge >= 0.3 is 0 Å². The summed E-state index contributed by atoms with van der Waals surface area (Å²) in [5.41, 5.74) is 2.25. The van der Waals surface area contributed by atoms with Gasteiger partial charge in [0.15, 0.2) is 0 Å². The third-order valence-corrected chi connectivity index (χ3v) is 7.99. The lowest BCUT2D eigenvalue weighted by Crippen LogP contribution is -2.48. The normalized spacial score (nSPS) is 17.3. The monoisotopic (exact) mass is 446 g/mol. The molecule has 0 aromatic heterocycles. The van der Waals surface area contributed by atoms with E-state index in [4.69, 9.17) is 5.26 Å². The van der Waals surface area contributed by atoms with Crippen LogP contribution in [0, 0.1) is 11.3 Å². The summed E-state index contributed by atoms with van der Waals surface area (Å²) >= 11 is 0. The lowest BCUT2D eigenvalue weighted by molar-refractivity contribution is -0.120. The maximum Gasteiger partial charge on any atom is 0.265 e. The van der Waals surface area contributed by atoms with Crippen molar-refractivity contribution in [1.29, 1.82) is 5.26 Å². The van der Waals surface area contributed by atoms with Gasteiger partial charge in [0.1, 0.15) is 6.54 Å². The van der Waals surface area contributed by atoms with Crippen molar-refractivity contribution in [2.75, 3.05) is 28.8 Å². The zero-order chi connectivity index (χ0) is 22.3. The Morgan fingerprint density at radius 2 is 1.72 bits per heavy atom. The second-order valence-electron chi connectivity index (χ2n) is 8.13. The van der Waals surface area contributed by atoms with E-state index >= 15 is 0 Å². The molecule has 2 aliphatic rings. The minimum Gasteiger partial charge on any atom is -0.371 e. The number of amides is 1. The molecule has 0 unspecified atom stereocenters. The molecule has 0 spiro atoms. The highest BCUT2D eigenvalue weighted by molar-refractivity contribution is 7.93. The van der Waals surface area contributed by atoms with E-state index in [1.54, 1.807) is 30.3 Å². The summed E-state index contributed by atoms with van der Waals surface area (Å²) in [5, 5.41) is 13.5. The van der Waals surface area contributed by atoms with Gasteiger partial charge < -0.3 is 10.2 Å². The molecule has 32 heavy (non-hydrogen) atoms. The van der Waals surface area contributed by atoms with Gasteiger partial charge in [0.25, 0.3) is 10.0 Å². The Bertz CT molecular complexity index is 1330. The van der Waals surface area contributed by atoms with Crippen LogP contribution in [0.5, 0.6) is 0 Å². The fourth-order valence-corrected chi connectivity index (χ4v) is 6.23. The van der Waals surface area contributed by atoms with Crippen molar-refractivity contribution < 1.29 is 13.2 Å². The number of hydrogen-bond donors (Lipinski definition) is 1. The first kappa shape index (κ1) is 20.3. The average molecular weight is 447 g/mol. The maximum absolute atomic E-state index is 13.1. The fraction of sp³-hybridized carbons (Fsp3) is 0.250. The molecule has 8 heteroatoms. The van der Waals surface area contributed by atoms with Gasteiger partial charge in [-0.05, 0) is 54.6 Å². The van der Waals surface area contributed by atoms with Crippen molar-refractivity contribution in [2.24, 2.45) is 0 Å². The molecule has 0 radical (unpaired) electrons. The van der Waals surface area contributed by atoms with Gasteiger partial charge in [0.2, 0.25) is 5.91 Å². The van der Waals surface area contributed by atoms with Crippen LogP contribution in [0.3, 0.4) is 0 Å². The molecule has 1 saturated heterocycles. The Kier molecular flexibility index (Phi) is 4.98. The van der Waals surface area contributed by atoms with Crippen LogP contribution >= 0.6 is 0 Å². The number of sulfonamides is 1. The standard InChI is InChI=1S/C24H22N4O3S/c25-15-17-7-9-20(10-8-17)27-13-11-19(12-14-27)26-23(29)16-28-21-5-1-3-18-4-2-6-22(24(18)21)32(28,30)31/h1-10,19H,11-14,16H2,(H,26,29). The number of nitrogens with one attached hydrogen (secondary N) is 1. The molecule has 2 aliphatic heterocycles. The Morgan fingerprint density at radius 3 is 2.41 bits per heavy atom. The smallest absolute Gasteiger partial charge is 0.265 e. The molecule has 0 saturated carbocycles. The predicted molar refractivity (Wildman–Crippen MR) is 123 cm³/mol. The maximum atomic E-state index is 13.1. The van der Waals surface area contributed by atoms with E-state index in [-0.39, 0.29) is 23.4 Å². The Morgan fingerprint density at radius 1 is 1.03 bits per heavy atom. The van der Waals surface area contributed by atoms with Crippen LogP contribution in [0.25, 0.3) is 10.8 Å². The summed E-state index contributed by atoms with van der Waals surface area (Å²) in [7, 11) is -3.74. The molecular formula is C24H22N4O3S. The van der Waals surface area contributed by atoms with E-state index < -0.39 is 10.0 Å². The first-order chi connectivity index (χ1) is 15.5. The molecule has 5 rings (SSSR count). The molecule has 0 atom stereocenters. The molecule has 1 N–H and O–H groups in total. The highest BCUT2D eigenvalue weighted by Gasteiger charge is 2.37. The minimum atomic E-state index is -3.74. The zero-order valence-electron chi connectivity index (χ0n) is 17.4. The molecule has 162 valence electrons. The number of hydrogen-bond acceptors (Lipinski definition) is 5. The van der Waals surface area contributed by atoms with E-state index in [1.807, 2.05) is 30.3 Å². The molecule has 7 nitrogen and oxygen atoms in total. The topological polar surface area (TPSA) is 93.5 Å². The minimum absolute atomic E-state index is 0.000561. The van der Waals surface area contributed by atoms with Crippen molar-refractivity contribution in [1.82, 2.24) is 5.32 Å². The second-order valence-corrected chi connectivity index (χ2v) is 9.96. The highest BCUT2D eigenvalue weighted by atomic mass is 32.2. The van der Waals surface area contributed by atoms with Crippen LogP contribution in [-0.4, -0.2) is 40.0 Å². The summed E-state index contributed by atoms with van der Waals surface area (Å²) in [6, 6.07) is 20.2. The Labute approximate surface area is 186 Å². The first-order valence-corrected chi connectivity index (χ1v) is 12.0. The SMILES string of the molecule is N#Cc1ccc(N2CCC(NC(=O)CN3c4cccc5cccc(c45)S3(=O)=O)CC2)cc1. The third-order valence-electron chi connectivity index (χ3n) is 6.19. The number of benzene rings is 3. The molecule has 2 heterocycles. The number of anilines is 2. The number of carbonyl (C=O) groups excluding carboxylic acids is 1. The summed E-state index contributed by atoms with van der Waals surface area (Å²) in [6.07, 6.45) is 1.54. The Hall–Kier alpha value is -3.57. The lowest BCUT2D eigenvalue weighted by Gasteiger charge is -2.34. The van der Waals surface area contributed by atoms with Crippen molar-refractivity contribution in [3.8, 4) is 6.07 Å². The molecule has 1 fully saturated rings. The largest absolute Gasteiger partial charge is 0.371 e. The van der Waals surface area contributed by atoms with Gasteiger partial charge in [-0.1, -0.05) is 24.3 Å². The van der Waals surface area contributed by atoms with Crippen molar-refractivity contribution in [3.05, 3.63) is 66.2 Å². The quantitative estimate of drug-likeness (QED) is 0.665. The third kappa shape index (κ3) is 3.45. The molecule has 0 aliphatic carbocycles. The van der Waals surface area contributed by atoms with Crippen LogP contribution in [0.2, 0.25) is 0 Å². The van der Waals surface area contributed by atoms with Gasteiger partial charge in [0, 0.05) is 30.2 Å². The second kappa shape index (κ2) is 7.84. The van der Waals surface area contributed by atoms with Gasteiger partial charge in [0.05, 0.1) is 22.2 Å².